The molecule has 0 heterocycles. The molecule has 0 aromatic heterocycles. The van der Waals surface area contributed by atoms with E-state index in [9.17, 15) is 4.79 Å². The molecule has 0 spiro atoms. The largest absolute Gasteiger partial charge is 0.457 e. The number of para-hydroxylation sites is 2. The third-order valence-electron chi connectivity index (χ3n) is 3.25. The molecule has 5 heteroatoms. The maximum Gasteiger partial charge on any atom is 0.220 e. The van der Waals surface area contributed by atoms with E-state index in [0.29, 0.717) is 13.0 Å². The molecule has 0 saturated heterocycles. The van der Waals surface area contributed by atoms with E-state index in [1.807, 2.05) is 61.6 Å². The molecule has 0 radical (unpaired) electrons. The van der Waals surface area contributed by atoms with Crippen molar-refractivity contribution in [3.05, 3.63) is 60.2 Å². The van der Waals surface area contributed by atoms with Crippen LogP contribution in [0.15, 0.2) is 54.6 Å². The highest BCUT2D eigenvalue weighted by Gasteiger charge is 2.06. The monoisotopic (exact) mass is 334 g/mol. The summed E-state index contributed by atoms with van der Waals surface area (Å²) >= 11 is 0. The average molecular weight is 335 g/mol. The van der Waals surface area contributed by atoms with Crippen molar-refractivity contribution in [2.24, 2.45) is 0 Å². The highest BCUT2D eigenvalue weighted by Crippen LogP contribution is 2.24. The zero-order chi connectivity index (χ0) is 15.6. The molecule has 0 unspecified atom stereocenters. The lowest BCUT2D eigenvalue weighted by atomic mass is 10.2. The van der Waals surface area contributed by atoms with Crippen LogP contribution >= 0.6 is 12.4 Å². The number of rotatable bonds is 8. The third kappa shape index (κ3) is 6.72. The lowest BCUT2D eigenvalue weighted by Crippen LogP contribution is -2.23. The van der Waals surface area contributed by atoms with Crippen LogP contribution in [-0.2, 0) is 11.3 Å². The fourth-order valence-corrected chi connectivity index (χ4v) is 2.07. The molecular weight excluding hydrogens is 312 g/mol. The minimum absolute atomic E-state index is 0. The summed E-state index contributed by atoms with van der Waals surface area (Å²) in [5, 5.41) is 5.97. The summed E-state index contributed by atoms with van der Waals surface area (Å²) in [5.41, 5.74) is 0.966. The van der Waals surface area contributed by atoms with Crippen LogP contribution in [0.5, 0.6) is 11.5 Å². The molecule has 1 amide bonds. The van der Waals surface area contributed by atoms with Gasteiger partial charge in [-0.1, -0.05) is 36.4 Å². The molecular formula is C18H23ClN2O2. The Hall–Kier alpha value is -2.04. The van der Waals surface area contributed by atoms with Gasteiger partial charge in [0.15, 0.2) is 0 Å². The van der Waals surface area contributed by atoms with Crippen LogP contribution in [0.1, 0.15) is 18.4 Å². The van der Waals surface area contributed by atoms with E-state index in [4.69, 9.17) is 4.74 Å². The van der Waals surface area contributed by atoms with Crippen LogP contribution in [0.2, 0.25) is 0 Å². The smallest absolute Gasteiger partial charge is 0.220 e. The van der Waals surface area contributed by atoms with Gasteiger partial charge in [-0.25, -0.2) is 0 Å². The Balaban J connectivity index is 0.00000264. The molecule has 2 N–H and O–H groups in total. The first kappa shape index (κ1) is 19.0. The number of hydrogen-bond acceptors (Lipinski definition) is 3. The van der Waals surface area contributed by atoms with Crippen molar-refractivity contribution >= 4 is 18.3 Å². The number of hydrogen-bond donors (Lipinski definition) is 2. The van der Waals surface area contributed by atoms with E-state index in [-0.39, 0.29) is 18.3 Å². The van der Waals surface area contributed by atoms with Crippen molar-refractivity contribution in [1.29, 1.82) is 0 Å². The van der Waals surface area contributed by atoms with Gasteiger partial charge >= 0.3 is 0 Å². The summed E-state index contributed by atoms with van der Waals surface area (Å²) in [6, 6.07) is 17.4. The summed E-state index contributed by atoms with van der Waals surface area (Å²) in [5.74, 6) is 1.62. The standard InChI is InChI=1S/C18H22N2O2.ClH/c1-19-13-7-12-18(21)20-14-15-8-5-6-11-17(15)22-16-9-3-2-4-10-16;/h2-6,8-11,19H,7,12-14H2,1H3,(H,20,21);1H. The number of carbonyl (C=O) groups excluding carboxylic acids is 1. The van der Waals surface area contributed by atoms with Crippen molar-refractivity contribution in [2.45, 2.75) is 19.4 Å². The zero-order valence-electron chi connectivity index (χ0n) is 13.2. The van der Waals surface area contributed by atoms with Crippen LogP contribution in [-0.4, -0.2) is 19.5 Å². The molecule has 0 bridgehead atoms. The molecule has 2 rings (SSSR count). The fraction of sp³-hybridized carbons (Fsp3) is 0.278. The van der Waals surface area contributed by atoms with Gasteiger partial charge in [0.05, 0.1) is 0 Å². The molecule has 4 nitrogen and oxygen atoms in total. The molecule has 0 saturated carbocycles. The lowest BCUT2D eigenvalue weighted by Gasteiger charge is -2.12. The second kappa shape index (κ2) is 10.6. The lowest BCUT2D eigenvalue weighted by molar-refractivity contribution is -0.121. The first-order valence-corrected chi connectivity index (χ1v) is 7.51. The van der Waals surface area contributed by atoms with Crippen LogP contribution in [0.25, 0.3) is 0 Å². The minimum Gasteiger partial charge on any atom is -0.457 e. The number of ether oxygens (including phenoxy) is 1. The number of nitrogens with one attached hydrogen (secondary N) is 2. The van der Waals surface area contributed by atoms with E-state index >= 15 is 0 Å². The summed E-state index contributed by atoms with van der Waals surface area (Å²) < 4.78 is 5.88. The number of halogens is 1. The Kier molecular flexibility index (Phi) is 8.80. The molecule has 0 aliphatic rings. The normalized spacial score (nSPS) is 9.78. The van der Waals surface area contributed by atoms with Crippen molar-refractivity contribution in [3.63, 3.8) is 0 Å². The number of carbonyl (C=O) groups is 1. The van der Waals surface area contributed by atoms with E-state index in [0.717, 1.165) is 30.0 Å². The Morgan fingerprint density at radius 3 is 2.48 bits per heavy atom. The average Bonchev–Trinajstić information content (AvgIpc) is 2.55. The Labute approximate surface area is 143 Å². The molecule has 0 fully saturated rings. The third-order valence-corrected chi connectivity index (χ3v) is 3.25. The van der Waals surface area contributed by atoms with E-state index in [1.165, 1.54) is 0 Å². The molecule has 23 heavy (non-hydrogen) atoms. The van der Waals surface area contributed by atoms with Gasteiger partial charge in [-0.2, -0.15) is 0 Å². The maximum atomic E-state index is 11.8. The summed E-state index contributed by atoms with van der Waals surface area (Å²) in [6.07, 6.45) is 1.37. The van der Waals surface area contributed by atoms with Crippen molar-refractivity contribution in [1.82, 2.24) is 10.6 Å². The molecule has 124 valence electrons. The topological polar surface area (TPSA) is 50.4 Å². The first-order chi connectivity index (χ1) is 10.8. The first-order valence-electron chi connectivity index (χ1n) is 7.51. The fourth-order valence-electron chi connectivity index (χ4n) is 2.07. The molecule has 0 atom stereocenters. The van der Waals surface area contributed by atoms with Crippen LogP contribution in [0, 0.1) is 0 Å². The SMILES string of the molecule is CNCCCC(=O)NCc1ccccc1Oc1ccccc1.Cl. The Morgan fingerprint density at radius 2 is 1.74 bits per heavy atom. The summed E-state index contributed by atoms with van der Waals surface area (Å²) in [4.78, 5) is 11.8. The second-order valence-electron chi connectivity index (χ2n) is 5.01. The second-order valence-corrected chi connectivity index (χ2v) is 5.01. The van der Waals surface area contributed by atoms with Crippen molar-refractivity contribution < 1.29 is 9.53 Å². The molecule has 0 aliphatic carbocycles. The van der Waals surface area contributed by atoms with Crippen molar-refractivity contribution in [3.8, 4) is 11.5 Å². The van der Waals surface area contributed by atoms with Crippen LogP contribution in [0.4, 0.5) is 0 Å². The van der Waals surface area contributed by atoms with Gasteiger partial charge < -0.3 is 15.4 Å². The van der Waals surface area contributed by atoms with Gasteiger partial charge in [-0.05, 0) is 38.2 Å². The van der Waals surface area contributed by atoms with Crippen LogP contribution in [0.3, 0.4) is 0 Å². The maximum absolute atomic E-state index is 11.8. The summed E-state index contributed by atoms with van der Waals surface area (Å²) in [7, 11) is 1.88. The predicted molar refractivity (Wildman–Crippen MR) is 95.2 cm³/mol. The highest BCUT2D eigenvalue weighted by molar-refractivity contribution is 5.85. The van der Waals surface area contributed by atoms with Gasteiger partial charge in [-0.3, -0.25) is 4.79 Å². The van der Waals surface area contributed by atoms with E-state index in [2.05, 4.69) is 10.6 Å². The van der Waals surface area contributed by atoms with Gasteiger partial charge in [-0.15, -0.1) is 12.4 Å². The predicted octanol–water partition coefficient (Wildman–Crippen LogP) is 3.52. The van der Waals surface area contributed by atoms with Gasteiger partial charge in [0.2, 0.25) is 5.91 Å². The Morgan fingerprint density at radius 1 is 1.04 bits per heavy atom. The molecule has 2 aromatic rings. The van der Waals surface area contributed by atoms with Gasteiger partial charge in [0.25, 0.3) is 0 Å². The van der Waals surface area contributed by atoms with E-state index < -0.39 is 0 Å². The number of amides is 1. The van der Waals surface area contributed by atoms with Gasteiger partial charge in [0.1, 0.15) is 11.5 Å². The summed E-state index contributed by atoms with van der Waals surface area (Å²) in [6.45, 7) is 1.32. The van der Waals surface area contributed by atoms with E-state index in [1.54, 1.807) is 0 Å². The van der Waals surface area contributed by atoms with Crippen LogP contribution < -0.4 is 15.4 Å². The molecule has 0 aliphatic heterocycles. The minimum atomic E-state index is 0. The number of benzene rings is 2. The van der Waals surface area contributed by atoms with Gasteiger partial charge in [0, 0.05) is 18.5 Å². The highest BCUT2D eigenvalue weighted by atomic mass is 35.5. The quantitative estimate of drug-likeness (QED) is 0.726. The Bertz CT molecular complexity index is 591. The molecule has 2 aromatic carbocycles. The zero-order valence-corrected chi connectivity index (χ0v) is 14.1. The van der Waals surface area contributed by atoms with Crippen molar-refractivity contribution in [2.75, 3.05) is 13.6 Å².